The van der Waals surface area contributed by atoms with Crippen molar-refractivity contribution in [3.05, 3.63) is 22.8 Å². The van der Waals surface area contributed by atoms with Crippen LogP contribution in [0.2, 0.25) is 0 Å². The number of carbonyl (C=O) groups excluding carboxylic acids is 2. The van der Waals surface area contributed by atoms with Crippen molar-refractivity contribution in [3.8, 4) is 0 Å². The van der Waals surface area contributed by atoms with Crippen molar-refractivity contribution in [2.24, 2.45) is 17.3 Å². The van der Waals surface area contributed by atoms with Gasteiger partial charge in [-0.3, -0.25) is 0 Å². The molecule has 3 rings (SSSR count). The lowest BCUT2D eigenvalue weighted by Gasteiger charge is -2.58. The van der Waals surface area contributed by atoms with E-state index in [1.165, 1.54) is 7.11 Å². The van der Waals surface area contributed by atoms with E-state index in [1.54, 1.807) is 26.8 Å². The molecule has 0 spiro atoms. The van der Waals surface area contributed by atoms with E-state index in [-0.39, 0.29) is 23.9 Å². The molecule has 6 heteroatoms. The average molecular weight is 378 g/mol. The summed E-state index contributed by atoms with van der Waals surface area (Å²) in [5.74, 6) is -2.07. The molecule has 2 fully saturated rings. The summed E-state index contributed by atoms with van der Waals surface area (Å²) >= 11 is 0. The predicted molar refractivity (Wildman–Crippen MR) is 98.5 cm³/mol. The average Bonchev–Trinajstić information content (AvgIpc) is 2.90. The third kappa shape index (κ3) is 2.76. The van der Waals surface area contributed by atoms with E-state index in [4.69, 9.17) is 14.2 Å². The van der Waals surface area contributed by atoms with Crippen molar-refractivity contribution in [2.75, 3.05) is 7.11 Å². The van der Waals surface area contributed by atoms with Crippen LogP contribution in [0.4, 0.5) is 0 Å². The Labute approximate surface area is 160 Å². The summed E-state index contributed by atoms with van der Waals surface area (Å²) in [5.41, 5.74) is 0.953. The highest BCUT2D eigenvalue weighted by Crippen LogP contribution is 2.60. The number of aliphatic hydroxyl groups is 1. The lowest BCUT2D eigenvalue weighted by molar-refractivity contribution is -0.247. The van der Waals surface area contributed by atoms with E-state index >= 15 is 0 Å². The first-order valence-electron chi connectivity index (χ1n) is 9.64. The molecule has 0 unspecified atom stereocenters. The SMILES string of the molecule is C/C=C(/C)C(=O)O[C@@H]1CC[C@H](C)[C@@]2(C)[C@H](O)C3=C(C)C(=O)O[C@]3(OC)C[C@H]12. The van der Waals surface area contributed by atoms with E-state index in [9.17, 15) is 14.7 Å². The molecule has 0 aromatic heterocycles. The van der Waals surface area contributed by atoms with Crippen LogP contribution in [0.3, 0.4) is 0 Å². The summed E-state index contributed by atoms with van der Waals surface area (Å²) in [6.07, 6.45) is 2.37. The zero-order valence-corrected chi connectivity index (χ0v) is 17.0. The molecule has 1 aliphatic heterocycles. The molecule has 150 valence electrons. The first kappa shape index (κ1) is 20.1. The molecule has 0 radical (unpaired) electrons. The van der Waals surface area contributed by atoms with Gasteiger partial charge in [-0.05, 0) is 39.5 Å². The number of esters is 2. The number of allylic oxidation sites excluding steroid dienone is 1. The molecule has 0 bridgehead atoms. The Hall–Kier alpha value is -1.66. The van der Waals surface area contributed by atoms with Crippen molar-refractivity contribution < 1.29 is 28.9 Å². The van der Waals surface area contributed by atoms with Crippen LogP contribution >= 0.6 is 0 Å². The number of fused-ring (bicyclic) bond motifs is 2. The van der Waals surface area contributed by atoms with Crippen molar-refractivity contribution in [1.29, 1.82) is 0 Å². The summed E-state index contributed by atoms with van der Waals surface area (Å²) in [4.78, 5) is 24.7. The highest BCUT2D eigenvalue weighted by atomic mass is 16.7. The largest absolute Gasteiger partial charge is 0.459 e. The lowest BCUT2D eigenvalue weighted by atomic mass is 9.51. The molecule has 0 aromatic rings. The van der Waals surface area contributed by atoms with Gasteiger partial charge in [0.25, 0.3) is 0 Å². The van der Waals surface area contributed by atoms with E-state index in [2.05, 4.69) is 6.92 Å². The number of rotatable bonds is 3. The normalized spacial score (nSPS) is 41.7. The van der Waals surface area contributed by atoms with Crippen LogP contribution in [0, 0.1) is 17.3 Å². The van der Waals surface area contributed by atoms with Crippen LogP contribution in [-0.2, 0) is 23.8 Å². The Morgan fingerprint density at radius 2 is 2.04 bits per heavy atom. The van der Waals surface area contributed by atoms with E-state index < -0.39 is 23.3 Å². The van der Waals surface area contributed by atoms with Gasteiger partial charge in [0.05, 0.1) is 6.10 Å². The number of methoxy groups -OCH3 is 1. The van der Waals surface area contributed by atoms with Gasteiger partial charge in [-0.25, -0.2) is 9.59 Å². The first-order valence-corrected chi connectivity index (χ1v) is 9.64. The maximum atomic E-state index is 12.4. The minimum absolute atomic E-state index is 0.188. The zero-order chi connectivity index (χ0) is 20.1. The lowest BCUT2D eigenvalue weighted by Crippen LogP contribution is -2.62. The third-order valence-electron chi connectivity index (χ3n) is 7.27. The monoisotopic (exact) mass is 378 g/mol. The molecule has 6 nitrogen and oxygen atoms in total. The van der Waals surface area contributed by atoms with Gasteiger partial charge < -0.3 is 19.3 Å². The summed E-state index contributed by atoms with van der Waals surface area (Å²) in [6, 6.07) is 0. The van der Waals surface area contributed by atoms with Crippen molar-refractivity contribution in [2.45, 2.75) is 71.9 Å². The summed E-state index contributed by atoms with van der Waals surface area (Å²) in [6.45, 7) is 9.33. The van der Waals surface area contributed by atoms with Gasteiger partial charge in [-0.2, -0.15) is 0 Å². The molecular formula is C21H30O6. The molecule has 3 aliphatic rings. The fourth-order valence-electron chi connectivity index (χ4n) is 5.08. The molecule has 27 heavy (non-hydrogen) atoms. The van der Waals surface area contributed by atoms with Crippen LogP contribution in [0.5, 0.6) is 0 Å². The second-order valence-electron chi connectivity index (χ2n) is 8.36. The van der Waals surface area contributed by atoms with Gasteiger partial charge in [0.2, 0.25) is 5.79 Å². The standard InChI is InChI=1S/C21H30O6/c1-7-11(2)18(23)26-15-9-8-12(3)20(5)14(15)10-21(25-6)16(17(20)22)13(4)19(24)27-21/h7,12,14-15,17,22H,8-10H2,1-6H3/b11-7-/t12-,14+,15+,17+,20+,21+/m0/s1. The molecule has 1 heterocycles. The predicted octanol–water partition coefficient (Wildman–Crippen LogP) is 2.90. The summed E-state index contributed by atoms with van der Waals surface area (Å²) < 4.78 is 17.1. The van der Waals surface area contributed by atoms with Gasteiger partial charge >= 0.3 is 11.9 Å². The van der Waals surface area contributed by atoms with Crippen LogP contribution in [0.15, 0.2) is 22.8 Å². The fourth-order valence-corrected chi connectivity index (χ4v) is 5.08. The van der Waals surface area contributed by atoms with Gasteiger partial charge in [0.15, 0.2) is 0 Å². The zero-order valence-electron chi connectivity index (χ0n) is 17.0. The van der Waals surface area contributed by atoms with Crippen molar-refractivity contribution in [3.63, 3.8) is 0 Å². The van der Waals surface area contributed by atoms with Crippen molar-refractivity contribution in [1.82, 2.24) is 0 Å². The fraction of sp³-hybridized carbons (Fsp3) is 0.714. The Bertz CT molecular complexity index is 722. The minimum atomic E-state index is -1.28. The molecular weight excluding hydrogens is 348 g/mol. The van der Waals surface area contributed by atoms with Crippen LogP contribution in [0.25, 0.3) is 0 Å². The molecule has 1 N–H and O–H groups in total. The summed E-state index contributed by atoms with van der Waals surface area (Å²) in [5, 5.41) is 11.4. The molecule has 0 amide bonds. The quantitative estimate of drug-likeness (QED) is 0.601. The molecule has 2 saturated carbocycles. The molecule has 0 saturated heterocycles. The maximum absolute atomic E-state index is 12.4. The first-order chi connectivity index (χ1) is 12.6. The molecule has 0 aromatic carbocycles. The molecule has 6 atom stereocenters. The Balaban J connectivity index is 2.03. The van der Waals surface area contributed by atoms with Gasteiger partial charge in [-0.15, -0.1) is 0 Å². The van der Waals surface area contributed by atoms with Gasteiger partial charge in [0, 0.05) is 41.6 Å². The third-order valence-corrected chi connectivity index (χ3v) is 7.27. The number of carbonyl (C=O) groups is 2. The number of hydrogen-bond acceptors (Lipinski definition) is 6. The Kier molecular flexibility index (Phi) is 5.02. The topological polar surface area (TPSA) is 82.1 Å². The van der Waals surface area contributed by atoms with Crippen LogP contribution < -0.4 is 0 Å². The smallest absolute Gasteiger partial charge is 0.336 e. The van der Waals surface area contributed by atoms with Crippen molar-refractivity contribution >= 4 is 11.9 Å². The van der Waals surface area contributed by atoms with Gasteiger partial charge in [-0.1, -0.05) is 19.9 Å². The minimum Gasteiger partial charge on any atom is -0.459 e. The molecule has 2 aliphatic carbocycles. The maximum Gasteiger partial charge on any atom is 0.336 e. The van der Waals surface area contributed by atoms with E-state index in [0.717, 1.165) is 6.42 Å². The second-order valence-corrected chi connectivity index (χ2v) is 8.36. The highest BCUT2D eigenvalue weighted by Gasteiger charge is 2.65. The number of hydrogen-bond donors (Lipinski definition) is 1. The van der Waals surface area contributed by atoms with Crippen LogP contribution in [0.1, 0.15) is 53.9 Å². The Morgan fingerprint density at radius 1 is 1.37 bits per heavy atom. The number of aliphatic hydroxyl groups excluding tert-OH is 1. The highest BCUT2D eigenvalue weighted by molar-refractivity contribution is 5.92. The van der Waals surface area contributed by atoms with E-state index in [1.807, 2.05) is 6.92 Å². The second kappa shape index (κ2) is 6.74. The van der Waals surface area contributed by atoms with Crippen LogP contribution in [-0.4, -0.2) is 42.1 Å². The summed E-state index contributed by atoms with van der Waals surface area (Å²) in [7, 11) is 1.48. The van der Waals surface area contributed by atoms with Gasteiger partial charge in [0.1, 0.15) is 6.10 Å². The van der Waals surface area contributed by atoms with E-state index in [0.29, 0.717) is 29.6 Å². The number of ether oxygens (including phenoxy) is 3. The Morgan fingerprint density at radius 3 is 2.63 bits per heavy atom.